The number of aliphatic hydroxyl groups is 1. The molecule has 0 aromatic heterocycles. The molecule has 0 saturated heterocycles. The molecule has 0 radical (unpaired) electrons. The predicted molar refractivity (Wildman–Crippen MR) is 98.2 cm³/mol. The van der Waals surface area contributed by atoms with Gasteiger partial charge in [0, 0.05) is 0 Å². The summed E-state index contributed by atoms with van der Waals surface area (Å²) >= 11 is 1.72. The van der Waals surface area contributed by atoms with Crippen molar-refractivity contribution in [3.05, 3.63) is 0 Å². The highest BCUT2D eigenvalue weighted by Gasteiger charge is 2.31. The molecule has 0 unspecified atom stereocenters. The summed E-state index contributed by atoms with van der Waals surface area (Å²) in [5.41, 5.74) is 11.2. The van der Waals surface area contributed by atoms with Crippen LogP contribution < -0.4 is 5.73 Å². The van der Waals surface area contributed by atoms with Gasteiger partial charge in [0.05, 0.1) is 6.04 Å². The van der Waals surface area contributed by atoms with Crippen molar-refractivity contribution < 1.29 is 5.11 Å². The van der Waals surface area contributed by atoms with E-state index in [1.165, 1.54) is 0 Å². The van der Waals surface area contributed by atoms with Crippen LogP contribution >= 0.6 is 11.8 Å². The maximum atomic E-state index is 10.8. The van der Waals surface area contributed by atoms with Gasteiger partial charge in [-0.3, -0.25) is 0 Å². The van der Waals surface area contributed by atoms with Crippen molar-refractivity contribution in [2.24, 2.45) is 5.73 Å². The Bertz CT molecular complexity index is 397. The van der Waals surface area contributed by atoms with Crippen LogP contribution in [0.2, 0.25) is 39.3 Å². The smallest absolute Gasteiger partial charge is 0.201 e. The van der Waals surface area contributed by atoms with Crippen molar-refractivity contribution in [1.82, 2.24) is 0 Å². The van der Waals surface area contributed by atoms with Gasteiger partial charge in [0.25, 0.3) is 0 Å². The van der Waals surface area contributed by atoms with E-state index < -0.39 is 27.8 Å². The first-order valence-electron chi connectivity index (χ1n) is 6.95. The molecular formula is C15H29NOSSi2. The Morgan fingerprint density at radius 3 is 1.75 bits per heavy atom. The van der Waals surface area contributed by atoms with Crippen molar-refractivity contribution in [3.8, 4) is 22.9 Å². The van der Waals surface area contributed by atoms with Gasteiger partial charge in [-0.2, -0.15) is 11.8 Å². The summed E-state index contributed by atoms with van der Waals surface area (Å²) in [6.45, 7) is 12.9. The van der Waals surface area contributed by atoms with Crippen molar-refractivity contribution in [1.29, 1.82) is 0 Å². The van der Waals surface area contributed by atoms with E-state index in [-0.39, 0.29) is 0 Å². The third-order valence-electron chi connectivity index (χ3n) is 2.43. The third kappa shape index (κ3) is 8.89. The molecule has 3 N–H and O–H groups in total. The van der Waals surface area contributed by atoms with E-state index in [0.29, 0.717) is 0 Å². The quantitative estimate of drug-likeness (QED) is 0.616. The molecular weight excluding hydrogens is 298 g/mol. The molecule has 0 aliphatic rings. The van der Waals surface area contributed by atoms with Crippen LogP contribution in [0.15, 0.2) is 0 Å². The summed E-state index contributed by atoms with van der Waals surface area (Å²) in [6.07, 6.45) is 2.76. The first-order chi connectivity index (χ1) is 8.90. The lowest BCUT2D eigenvalue weighted by atomic mass is 9.95. The Balaban J connectivity index is 5.41. The van der Waals surface area contributed by atoms with Gasteiger partial charge in [0.1, 0.15) is 16.1 Å². The Labute approximate surface area is 131 Å². The molecule has 0 aromatic rings. The largest absolute Gasteiger partial charge is 0.366 e. The molecule has 2 nitrogen and oxygen atoms in total. The van der Waals surface area contributed by atoms with Gasteiger partial charge < -0.3 is 10.8 Å². The molecule has 1 atom stereocenters. The SMILES string of the molecule is CSCC[C@@H](N)C(O)(C#C[Si](C)(C)C)C#C[Si](C)(C)C. The van der Waals surface area contributed by atoms with Gasteiger partial charge in [-0.05, 0) is 18.4 Å². The molecule has 0 aliphatic carbocycles. The van der Waals surface area contributed by atoms with Crippen LogP contribution in [0.3, 0.4) is 0 Å². The predicted octanol–water partition coefficient (Wildman–Crippen LogP) is 2.56. The van der Waals surface area contributed by atoms with Crippen molar-refractivity contribution in [2.75, 3.05) is 12.0 Å². The number of hydrogen-bond acceptors (Lipinski definition) is 3. The van der Waals surface area contributed by atoms with Crippen LogP contribution in [0, 0.1) is 22.9 Å². The molecule has 114 valence electrons. The molecule has 0 aliphatic heterocycles. The summed E-state index contributed by atoms with van der Waals surface area (Å²) in [5, 5.41) is 10.8. The standard InChI is InChI=1S/C15H29NOSSi2/c1-18-11-8-14(16)15(17,9-12-19(2,3)4)10-13-20(5,6)7/h14,17H,8,11,16H2,1-7H3/t14-/m1/s1. The summed E-state index contributed by atoms with van der Waals surface area (Å²) < 4.78 is 0. The lowest BCUT2D eigenvalue weighted by Gasteiger charge is -2.25. The minimum Gasteiger partial charge on any atom is -0.366 e. The Morgan fingerprint density at radius 1 is 1.05 bits per heavy atom. The summed E-state index contributed by atoms with van der Waals surface area (Å²) in [6, 6.07) is -0.414. The van der Waals surface area contributed by atoms with E-state index >= 15 is 0 Å². The molecule has 0 fully saturated rings. The van der Waals surface area contributed by atoms with E-state index in [1.54, 1.807) is 11.8 Å². The zero-order valence-corrected chi connectivity index (χ0v) is 16.7. The molecule has 0 saturated carbocycles. The van der Waals surface area contributed by atoms with Crippen molar-refractivity contribution in [3.63, 3.8) is 0 Å². The maximum Gasteiger partial charge on any atom is 0.201 e. The van der Waals surface area contributed by atoms with Crippen LogP contribution in [0.4, 0.5) is 0 Å². The number of rotatable bonds is 4. The highest BCUT2D eigenvalue weighted by atomic mass is 32.2. The molecule has 0 bridgehead atoms. The highest BCUT2D eigenvalue weighted by molar-refractivity contribution is 7.98. The fourth-order valence-corrected chi connectivity index (χ4v) is 2.86. The van der Waals surface area contributed by atoms with Crippen molar-refractivity contribution in [2.45, 2.75) is 57.3 Å². The molecule has 5 heteroatoms. The Kier molecular flexibility index (Phi) is 7.66. The first kappa shape index (κ1) is 19.8. The zero-order chi connectivity index (χ0) is 16.0. The second-order valence-electron chi connectivity index (χ2n) is 7.15. The van der Waals surface area contributed by atoms with Crippen LogP contribution in [0.25, 0.3) is 0 Å². The van der Waals surface area contributed by atoms with E-state index in [9.17, 15) is 5.11 Å². The fourth-order valence-electron chi connectivity index (χ4n) is 1.24. The van der Waals surface area contributed by atoms with Crippen molar-refractivity contribution >= 4 is 27.9 Å². The van der Waals surface area contributed by atoms with Gasteiger partial charge in [0.2, 0.25) is 5.60 Å². The number of hydrogen-bond donors (Lipinski definition) is 2. The first-order valence-corrected chi connectivity index (χ1v) is 15.3. The van der Waals surface area contributed by atoms with Gasteiger partial charge in [-0.1, -0.05) is 51.1 Å². The highest BCUT2D eigenvalue weighted by Crippen LogP contribution is 2.14. The monoisotopic (exact) mass is 327 g/mol. The van der Waals surface area contributed by atoms with E-state index in [1.807, 2.05) is 6.26 Å². The van der Waals surface area contributed by atoms with E-state index in [0.717, 1.165) is 12.2 Å². The minimum atomic E-state index is -1.56. The summed E-state index contributed by atoms with van der Waals surface area (Å²) in [5.74, 6) is 6.91. The number of nitrogens with two attached hydrogens (primary N) is 1. The third-order valence-corrected chi connectivity index (χ3v) is 4.82. The van der Waals surface area contributed by atoms with Gasteiger partial charge in [0.15, 0.2) is 0 Å². The Morgan fingerprint density at radius 2 is 1.45 bits per heavy atom. The maximum absolute atomic E-state index is 10.8. The lowest BCUT2D eigenvalue weighted by Crippen LogP contribution is -2.47. The molecule has 0 amide bonds. The van der Waals surface area contributed by atoms with E-state index in [2.05, 4.69) is 62.2 Å². The summed E-state index contributed by atoms with van der Waals surface area (Å²) in [4.78, 5) is 0. The molecule has 0 aromatic carbocycles. The normalized spacial score (nSPS) is 13.8. The summed E-state index contributed by atoms with van der Waals surface area (Å²) in [7, 11) is -3.11. The zero-order valence-electron chi connectivity index (χ0n) is 13.9. The average Bonchev–Trinajstić information content (AvgIpc) is 2.29. The molecule has 20 heavy (non-hydrogen) atoms. The lowest BCUT2D eigenvalue weighted by molar-refractivity contribution is 0.130. The number of thioether (sulfide) groups is 1. The minimum absolute atomic E-state index is 0.414. The van der Waals surface area contributed by atoms with Gasteiger partial charge in [-0.25, -0.2) is 0 Å². The second-order valence-corrected chi connectivity index (χ2v) is 17.6. The van der Waals surface area contributed by atoms with Crippen LogP contribution in [0.5, 0.6) is 0 Å². The molecule has 0 spiro atoms. The Hall–Kier alpha value is -0.176. The van der Waals surface area contributed by atoms with E-state index in [4.69, 9.17) is 5.73 Å². The topological polar surface area (TPSA) is 46.2 Å². The van der Waals surface area contributed by atoms with Gasteiger partial charge in [-0.15, -0.1) is 11.1 Å². The molecule has 0 rings (SSSR count). The van der Waals surface area contributed by atoms with Crippen LogP contribution in [0.1, 0.15) is 6.42 Å². The average molecular weight is 328 g/mol. The van der Waals surface area contributed by atoms with Crippen LogP contribution in [-0.4, -0.2) is 44.9 Å². The fraction of sp³-hybridized carbons (Fsp3) is 0.733. The van der Waals surface area contributed by atoms with Crippen LogP contribution in [-0.2, 0) is 0 Å². The second kappa shape index (κ2) is 7.72. The van der Waals surface area contributed by atoms with Gasteiger partial charge >= 0.3 is 0 Å². The molecule has 0 heterocycles.